The number of aliphatic hydroxyl groups excluding tert-OH is 1. The first-order valence-corrected chi connectivity index (χ1v) is 1.02. The molecular weight excluding hydrogens is 272 g/mol. The molecule has 0 spiro atoms. The van der Waals surface area contributed by atoms with Crippen LogP contribution in [-0.4, -0.2) is 11.7 Å². The summed E-state index contributed by atoms with van der Waals surface area (Å²) in [6, 6.07) is 0. The fourth-order valence-corrected chi connectivity index (χ4v) is 0. The minimum atomic E-state index is 0. The maximum atomic E-state index is 7.57. The molecule has 0 fully saturated rings. The first kappa shape index (κ1) is 8.99. The van der Waals surface area contributed by atoms with E-state index in [1.54, 1.807) is 6.92 Å². The van der Waals surface area contributed by atoms with E-state index in [-0.39, 0.29) is 46.5 Å². The molecule has 0 rings (SSSR count). The summed E-state index contributed by atoms with van der Waals surface area (Å²) in [5, 5.41) is 7.57. The molecule has 0 aromatic heterocycles. The van der Waals surface area contributed by atoms with Gasteiger partial charge in [-0.1, -0.05) is 0 Å². The molecule has 0 saturated heterocycles. The molecule has 0 bridgehead atoms. The average Bonchev–Trinajstić information content (AvgIpc) is 0.918. The minimum Gasteiger partial charge on any atom is -0.397 e. The fourth-order valence-electron chi connectivity index (χ4n) is 0. The van der Waals surface area contributed by atoms with Crippen LogP contribution in [0.4, 0.5) is 0 Å². The van der Waals surface area contributed by atoms with Crippen molar-refractivity contribution in [2.75, 3.05) is 6.61 Å². The third kappa shape index (κ3) is 10.4. The number of hydrogen-bond acceptors (Lipinski definition) is 1. The number of aliphatic hydroxyl groups is 1. The molecule has 0 aliphatic heterocycles. The summed E-state index contributed by atoms with van der Waals surface area (Å²) in [5.74, 6) is 0. The van der Waals surface area contributed by atoms with Crippen molar-refractivity contribution in [1.82, 2.24) is 0 Å². The summed E-state index contributed by atoms with van der Waals surface area (Å²) >= 11 is 0. The molecule has 1 N–H and O–H groups in total. The molecule has 0 atom stereocenters. The molecule has 2 heteroatoms. The zero-order chi connectivity index (χ0) is 2.71. The standard InChI is InChI=1S/C2H6O.Th/c1-2-3;/h3H,2H2,1H3;. The van der Waals surface area contributed by atoms with Gasteiger partial charge in [0.25, 0.3) is 0 Å². The smallest absolute Gasteiger partial charge is 0.0402 e. The van der Waals surface area contributed by atoms with Crippen LogP contribution >= 0.6 is 0 Å². The summed E-state index contributed by atoms with van der Waals surface area (Å²) in [6.45, 7) is 1.93. The van der Waals surface area contributed by atoms with Gasteiger partial charge in [0.15, 0.2) is 0 Å². The van der Waals surface area contributed by atoms with E-state index in [2.05, 4.69) is 0 Å². The molecule has 0 amide bonds. The SMILES string of the molecule is CCO.[Th]. The molecule has 0 radical (unpaired) electrons. The summed E-state index contributed by atoms with van der Waals surface area (Å²) in [7, 11) is 0. The zero-order valence-electron chi connectivity index (χ0n) is 2.65. The van der Waals surface area contributed by atoms with Crippen LogP contribution in [0.2, 0.25) is 0 Å². The van der Waals surface area contributed by atoms with E-state index < -0.39 is 0 Å². The van der Waals surface area contributed by atoms with Crippen molar-refractivity contribution in [2.24, 2.45) is 0 Å². The molecule has 24 valence electrons. The van der Waals surface area contributed by atoms with Crippen LogP contribution in [0.15, 0.2) is 0 Å². The Morgan fingerprint density at radius 2 is 1.75 bits per heavy atom. The fraction of sp³-hybridized carbons (Fsp3) is 1.00. The topological polar surface area (TPSA) is 20.2 Å². The Hall–Kier alpha value is 1.28. The zero-order valence-corrected chi connectivity index (χ0v) is 6.76. The van der Waals surface area contributed by atoms with Crippen molar-refractivity contribution >= 4 is 0 Å². The van der Waals surface area contributed by atoms with E-state index in [1.807, 2.05) is 0 Å². The van der Waals surface area contributed by atoms with Crippen LogP contribution in [0.25, 0.3) is 0 Å². The predicted molar refractivity (Wildman–Crippen MR) is 12.8 cm³/mol. The van der Waals surface area contributed by atoms with Gasteiger partial charge >= 0.3 is 0 Å². The van der Waals surface area contributed by atoms with E-state index in [9.17, 15) is 0 Å². The van der Waals surface area contributed by atoms with Crippen molar-refractivity contribution in [3.8, 4) is 0 Å². The molecule has 4 heavy (non-hydrogen) atoms. The summed E-state index contributed by atoms with van der Waals surface area (Å²) < 4.78 is 0. The van der Waals surface area contributed by atoms with Crippen LogP contribution in [0, 0.1) is 39.9 Å². The molecule has 0 saturated carbocycles. The van der Waals surface area contributed by atoms with Gasteiger partial charge in [-0.05, 0) is 6.92 Å². The Kier molecular flexibility index (Phi) is 19.9. The van der Waals surface area contributed by atoms with E-state index >= 15 is 0 Å². The largest absolute Gasteiger partial charge is 0.397 e. The van der Waals surface area contributed by atoms with Crippen LogP contribution in [0.3, 0.4) is 0 Å². The maximum Gasteiger partial charge on any atom is 0.0402 e. The average molecular weight is 278 g/mol. The van der Waals surface area contributed by atoms with Crippen molar-refractivity contribution in [3.63, 3.8) is 0 Å². The maximum absolute atomic E-state index is 7.57. The molecular formula is C2H6OTh. The van der Waals surface area contributed by atoms with Crippen molar-refractivity contribution in [3.05, 3.63) is 0 Å². The van der Waals surface area contributed by atoms with Crippen LogP contribution in [0.1, 0.15) is 6.92 Å². The second-order valence-corrected chi connectivity index (χ2v) is 0.316. The first-order valence-electron chi connectivity index (χ1n) is 1.02. The molecule has 0 aliphatic rings. The Morgan fingerprint density at radius 3 is 1.75 bits per heavy atom. The van der Waals surface area contributed by atoms with Gasteiger partial charge in [0.2, 0.25) is 0 Å². The Morgan fingerprint density at radius 1 is 1.75 bits per heavy atom. The van der Waals surface area contributed by atoms with Crippen LogP contribution < -0.4 is 0 Å². The predicted octanol–water partition coefficient (Wildman–Crippen LogP) is -0.00140. The third-order valence-electron chi connectivity index (χ3n) is 0. The van der Waals surface area contributed by atoms with Crippen molar-refractivity contribution in [1.29, 1.82) is 0 Å². The Balaban J connectivity index is 0. The van der Waals surface area contributed by atoms with Gasteiger partial charge in [-0.3, -0.25) is 0 Å². The molecule has 1 nitrogen and oxygen atoms in total. The van der Waals surface area contributed by atoms with Gasteiger partial charge < -0.3 is 5.11 Å². The normalized spacial score (nSPS) is 4.50. The van der Waals surface area contributed by atoms with Gasteiger partial charge in [0, 0.05) is 46.5 Å². The minimum absolute atomic E-state index is 0. The molecule has 0 aliphatic carbocycles. The van der Waals surface area contributed by atoms with Crippen molar-refractivity contribution in [2.45, 2.75) is 6.92 Å². The van der Waals surface area contributed by atoms with Gasteiger partial charge in [0.1, 0.15) is 0 Å². The monoisotopic (exact) mass is 278 g/mol. The van der Waals surface area contributed by atoms with Gasteiger partial charge in [0.05, 0.1) is 0 Å². The van der Waals surface area contributed by atoms with E-state index in [4.69, 9.17) is 5.11 Å². The van der Waals surface area contributed by atoms with Gasteiger partial charge in [-0.15, -0.1) is 0 Å². The second-order valence-electron chi connectivity index (χ2n) is 0.316. The summed E-state index contributed by atoms with van der Waals surface area (Å²) in [6.07, 6.45) is 0. The van der Waals surface area contributed by atoms with E-state index in [1.165, 1.54) is 0 Å². The van der Waals surface area contributed by atoms with Gasteiger partial charge in [-0.2, -0.15) is 0 Å². The quantitative estimate of drug-likeness (QED) is 0.661. The van der Waals surface area contributed by atoms with Crippen LogP contribution in [-0.2, 0) is 0 Å². The number of hydrogen-bond donors (Lipinski definition) is 1. The Bertz CT molecular complexity index is 6.00. The van der Waals surface area contributed by atoms with Crippen molar-refractivity contribution < 1.29 is 45.0 Å². The molecule has 0 heterocycles. The van der Waals surface area contributed by atoms with E-state index in [0.717, 1.165) is 0 Å². The second kappa shape index (κ2) is 8.86. The first-order chi connectivity index (χ1) is 1.41. The third-order valence-corrected chi connectivity index (χ3v) is 0. The van der Waals surface area contributed by atoms with E-state index in [0.29, 0.717) is 0 Å². The molecule has 0 aromatic rings. The summed E-state index contributed by atoms with van der Waals surface area (Å²) in [4.78, 5) is 0. The van der Waals surface area contributed by atoms with Gasteiger partial charge in [-0.25, -0.2) is 0 Å². The molecule has 0 aromatic carbocycles. The Labute approximate surface area is 58.1 Å². The number of rotatable bonds is 0. The van der Waals surface area contributed by atoms with Crippen LogP contribution in [0.5, 0.6) is 0 Å². The molecule has 0 unspecified atom stereocenters. The summed E-state index contributed by atoms with van der Waals surface area (Å²) in [5.41, 5.74) is 0.